The van der Waals surface area contributed by atoms with Crippen molar-refractivity contribution in [2.24, 2.45) is 11.7 Å². The minimum Gasteiger partial charge on any atom is -0.466 e. The van der Waals surface area contributed by atoms with Gasteiger partial charge in [-0.3, -0.25) is 9.59 Å². The van der Waals surface area contributed by atoms with E-state index in [2.05, 4.69) is 0 Å². The summed E-state index contributed by atoms with van der Waals surface area (Å²) in [7, 11) is 0. The van der Waals surface area contributed by atoms with Crippen molar-refractivity contribution >= 4 is 11.9 Å². The maximum atomic E-state index is 11.6. The molecule has 0 spiro atoms. The third kappa shape index (κ3) is 3.20. The second-order valence-corrected chi connectivity index (χ2v) is 4.14. The molecular formula is C11H20N2O3. The van der Waals surface area contributed by atoms with Crippen molar-refractivity contribution in [1.82, 2.24) is 4.90 Å². The number of likely N-dealkylation sites (tertiary alicyclic amines) is 1. The van der Waals surface area contributed by atoms with Gasteiger partial charge in [0.1, 0.15) is 0 Å². The van der Waals surface area contributed by atoms with Crippen LogP contribution in [0.5, 0.6) is 0 Å². The molecule has 1 rings (SSSR count). The molecule has 1 aliphatic rings. The molecule has 5 nitrogen and oxygen atoms in total. The summed E-state index contributed by atoms with van der Waals surface area (Å²) >= 11 is 0. The lowest BCUT2D eigenvalue weighted by Crippen LogP contribution is -2.46. The normalized spacial score (nSPS) is 19.3. The fourth-order valence-corrected chi connectivity index (χ4v) is 1.88. The molecule has 5 heteroatoms. The fourth-order valence-electron chi connectivity index (χ4n) is 1.88. The van der Waals surface area contributed by atoms with Crippen molar-refractivity contribution in [3.05, 3.63) is 0 Å². The highest BCUT2D eigenvalue weighted by Crippen LogP contribution is 2.18. The molecule has 1 atom stereocenters. The zero-order valence-electron chi connectivity index (χ0n) is 9.94. The molecule has 92 valence electrons. The summed E-state index contributed by atoms with van der Waals surface area (Å²) in [5.41, 5.74) is 5.53. The third-order valence-corrected chi connectivity index (χ3v) is 2.82. The molecule has 0 aromatic carbocycles. The average Bonchev–Trinajstić information content (AvgIpc) is 2.28. The van der Waals surface area contributed by atoms with Crippen molar-refractivity contribution < 1.29 is 14.3 Å². The molecule has 2 N–H and O–H groups in total. The van der Waals surface area contributed by atoms with Crippen molar-refractivity contribution in [1.29, 1.82) is 0 Å². The molecule has 0 bridgehead atoms. The van der Waals surface area contributed by atoms with Gasteiger partial charge in [-0.15, -0.1) is 0 Å². The van der Waals surface area contributed by atoms with Gasteiger partial charge in [-0.05, 0) is 26.7 Å². The van der Waals surface area contributed by atoms with Gasteiger partial charge in [0.05, 0.1) is 18.6 Å². The van der Waals surface area contributed by atoms with Crippen molar-refractivity contribution in [3.8, 4) is 0 Å². The number of rotatable bonds is 3. The van der Waals surface area contributed by atoms with E-state index in [4.69, 9.17) is 10.5 Å². The first kappa shape index (κ1) is 13.0. The summed E-state index contributed by atoms with van der Waals surface area (Å²) in [4.78, 5) is 24.8. The molecule has 0 saturated carbocycles. The average molecular weight is 228 g/mol. The topological polar surface area (TPSA) is 72.6 Å². The predicted octanol–water partition coefficient (Wildman–Crippen LogP) is 0.135. The van der Waals surface area contributed by atoms with E-state index >= 15 is 0 Å². The lowest BCUT2D eigenvalue weighted by atomic mass is 9.96. The Morgan fingerprint density at radius 3 is 2.44 bits per heavy atom. The Balaban J connectivity index is 2.39. The van der Waals surface area contributed by atoms with E-state index in [0.29, 0.717) is 32.5 Å². The Morgan fingerprint density at radius 1 is 1.44 bits per heavy atom. The van der Waals surface area contributed by atoms with Crippen molar-refractivity contribution in [3.63, 3.8) is 0 Å². The first-order valence-electron chi connectivity index (χ1n) is 5.77. The Labute approximate surface area is 95.9 Å². The second kappa shape index (κ2) is 5.84. The number of hydrogen-bond donors (Lipinski definition) is 1. The minimum absolute atomic E-state index is 0.0395. The number of piperidine rings is 1. The highest BCUT2D eigenvalue weighted by Gasteiger charge is 2.28. The van der Waals surface area contributed by atoms with Crippen LogP contribution < -0.4 is 5.73 Å². The summed E-state index contributed by atoms with van der Waals surface area (Å²) in [5, 5.41) is 0. The Hall–Kier alpha value is -1.10. The van der Waals surface area contributed by atoms with Crippen LogP contribution in [0.1, 0.15) is 26.7 Å². The maximum Gasteiger partial charge on any atom is 0.309 e. The van der Waals surface area contributed by atoms with Gasteiger partial charge >= 0.3 is 5.97 Å². The summed E-state index contributed by atoms with van der Waals surface area (Å²) < 4.78 is 4.96. The van der Waals surface area contributed by atoms with Crippen LogP contribution in [0.15, 0.2) is 0 Å². The van der Waals surface area contributed by atoms with Gasteiger partial charge in [-0.25, -0.2) is 0 Å². The molecule has 0 radical (unpaired) electrons. The lowest BCUT2D eigenvalue weighted by molar-refractivity contribution is -0.151. The van der Waals surface area contributed by atoms with Crippen LogP contribution in [0, 0.1) is 5.92 Å². The number of hydrogen-bond acceptors (Lipinski definition) is 4. The van der Waals surface area contributed by atoms with E-state index in [1.54, 1.807) is 18.7 Å². The molecule has 1 saturated heterocycles. The van der Waals surface area contributed by atoms with Gasteiger partial charge in [0, 0.05) is 13.1 Å². The molecule has 1 heterocycles. The highest BCUT2D eigenvalue weighted by molar-refractivity contribution is 5.81. The number of carbonyl (C=O) groups excluding carboxylic acids is 2. The summed E-state index contributed by atoms with van der Waals surface area (Å²) in [6.45, 7) is 5.10. The van der Waals surface area contributed by atoms with Crippen LogP contribution in [-0.4, -0.2) is 42.5 Å². The SMILES string of the molecule is CCOC(=O)C1CCN(C(=O)C(C)N)CC1. The van der Waals surface area contributed by atoms with Gasteiger partial charge in [-0.1, -0.05) is 0 Å². The minimum atomic E-state index is -0.459. The Bertz CT molecular complexity index is 258. The van der Waals surface area contributed by atoms with Crippen LogP contribution >= 0.6 is 0 Å². The van der Waals surface area contributed by atoms with E-state index in [9.17, 15) is 9.59 Å². The second-order valence-electron chi connectivity index (χ2n) is 4.14. The highest BCUT2D eigenvalue weighted by atomic mass is 16.5. The van der Waals surface area contributed by atoms with Gasteiger partial charge in [-0.2, -0.15) is 0 Å². The standard InChI is InChI=1S/C11H20N2O3/c1-3-16-11(15)9-4-6-13(7-5-9)10(14)8(2)12/h8-9H,3-7,12H2,1-2H3. The van der Waals surface area contributed by atoms with Crippen LogP contribution in [0.2, 0.25) is 0 Å². The number of esters is 1. The van der Waals surface area contributed by atoms with Crippen molar-refractivity contribution in [2.75, 3.05) is 19.7 Å². The first-order chi connectivity index (χ1) is 7.56. The van der Waals surface area contributed by atoms with E-state index in [-0.39, 0.29) is 17.8 Å². The molecule has 1 fully saturated rings. The number of ether oxygens (including phenoxy) is 1. The van der Waals surface area contributed by atoms with Gasteiger partial charge in [0.15, 0.2) is 0 Å². The number of nitrogens with zero attached hydrogens (tertiary/aromatic N) is 1. The maximum absolute atomic E-state index is 11.6. The summed E-state index contributed by atoms with van der Waals surface area (Å²) in [6, 6.07) is -0.459. The first-order valence-corrected chi connectivity index (χ1v) is 5.77. The van der Waals surface area contributed by atoms with E-state index in [0.717, 1.165) is 0 Å². The van der Waals surface area contributed by atoms with Crippen LogP contribution in [-0.2, 0) is 14.3 Å². The molecule has 1 amide bonds. The molecular weight excluding hydrogens is 208 g/mol. The molecule has 0 aromatic heterocycles. The zero-order valence-corrected chi connectivity index (χ0v) is 9.94. The van der Waals surface area contributed by atoms with Crippen LogP contribution in [0.25, 0.3) is 0 Å². The quantitative estimate of drug-likeness (QED) is 0.697. The molecule has 0 aromatic rings. The summed E-state index contributed by atoms with van der Waals surface area (Å²) in [5.74, 6) is -0.241. The number of amides is 1. The van der Waals surface area contributed by atoms with Gasteiger partial charge < -0.3 is 15.4 Å². The molecule has 0 aliphatic carbocycles. The largest absolute Gasteiger partial charge is 0.466 e. The Kier molecular flexibility index (Phi) is 4.73. The predicted molar refractivity (Wildman–Crippen MR) is 59.6 cm³/mol. The van der Waals surface area contributed by atoms with Gasteiger partial charge in [0.25, 0.3) is 0 Å². The molecule has 1 unspecified atom stereocenters. The number of carbonyl (C=O) groups is 2. The van der Waals surface area contributed by atoms with Crippen LogP contribution in [0.4, 0.5) is 0 Å². The zero-order chi connectivity index (χ0) is 12.1. The van der Waals surface area contributed by atoms with Gasteiger partial charge in [0.2, 0.25) is 5.91 Å². The third-order valence-electron chi connectivity index (χ3n) is 2.82. The van der Waals surface area contributed by atoms with E-state index < -0.39 is 6.04 Å². The molecule has 16 heavy (non-hydrogen) atoms. The van der Waals surface area contributed by atoms with E-state index in [1.165, 1.54) is 0 Å². The fraction of sp³-hybridized carbons (Fsp3) is 0.818. The summed E-state index contributed by atoms with van der Waals surface area (Å²) in [6.07, 6.45) is 1.36. The lowest BCUT2D eigenvalue weighted by Gasteiger charge is -2.31. The monoisotopic (exact) mass is 228 g/mol. The smallest absolute Gasteiger partial charge is 0.309 e. The number of nitrogens with two attached hydrogens (primary N) is 1. The van der Waals surface area contributed by atoms with Crippen molar-refractivity contribution in [2.45, 2.75) is 32.7 Å². The molecule has 1 aliphatic heterocycles. The van der Waals surface area contributed by atoms with Crippen LogP contribution in [0.3, 0.4) is 0 Å². The Morgan fingerprint density at radius 2 is 2.00 bits per heavy atom. The van der Waals surface area contributed by atoms with E-state index in [1.807, 2.05) is 0 Å².